The van der Waals surface area contributed by atoms with Crippen molar-refractivity contribution in [2.45, 2.75) is 37.7 Å². The van der Waals surface area contributed by atoms with E-state index in [0.717, 1.165) is 0 Å². The predicted octanol–water partition coefficient (Wildman–Crippen LogP) is 3.35. The lowest BCUT2D eigenvalue weighted by Crippen LogP contribution is -2.06. The number of hydrogen-bond donors (Lipinski definition) is 0. The Bertz CT molecular complexity index is 673. The van der Waals surface area contributed by atoms with Gasteiger partial charge in [0.15, 0.2) is 17.4 Å². The highest BCUT2D eigenvalue weighted by Gasteiger charge is 2.22. The molecule has 0 radical (unpaired) electrons. The fourth-order valence-electron chi connectivity index (χ4n) is 1.85. The van der Waals surface area contributed by atoms with Crippen LogP contribution in [0.5, 0.6) is 5.75 Å². The van der Waals surface area contributed by atoms with Gasteiger partial charge in [-0.3, -0.25) is 4.21 Å². The standard InChI is InChI=1S/C15H19FN2O3S/c1-9(2)14-17-15(21-18-14)10(3)22(19)8-11-5-6-13(20-4)12(16)7-11/h5-7,9-10H,8H2,1-4H3/t10-,22+/m0/s1. The Kier molecular flexibility index (Phi) is 5.28. The topological polar surface area (TPSA) is 65.2 Å². The lowest BCUT2D eigenvalue weighted by molar-refractivity contribution is 0.371. The molecule has 0 aliphatic heterocycles. The third kappa shape index (κ3) is 3.71. The van der Waals surface area contributed by atoms with Crippen LogP contribution in [0.15, 0.2) is 22.7 Å². The summed E-state index contributed by atoms with van der Waals surface area (Å²) < 4.78 is 36.1. The molecule has 120 valence electrons. The van der Waals surface area contributed by atoms with Crippen LogP contribution in [0.2, 0.25) is 0 Å². The molecule has 1 aromatic carbocycles. The van der Waals surface area contributed by atoms with E-state index in [9.17, 15) is 8.60 Å². The van der Waals surface area contributed by atoms with Crippen LogP contribution in [-0.4, -0.2) is 21.5 Å². The second-order valence-corrected chi connectivity index (χ2v) is 7.04. The Labute approximate surface area is 131 Å². The van der Waals surface area contributed by atoms with Gasteiger partial charge in [0.1, 0.15) is 5.25 Å². The van der Waals surface area contributed by atoms with E-state index in [1.807, 2.05) is 13.8 Å². The van der Waals surface area contributed by atoms with E-state index in [1.165, 1.54) is 19.2 Å². The molecule has 0 amide bonds. The van der Waals surface area contributed by atoms with Crippen LogP contribution in [0.1, 0.15) is 49.2 Å². The van der Waals surface area contributed by atoms with E-state index in [2.05, 4.69) is 10.1 Å². The highest BCUT2D eigenvalue weighted by atomic mass is 32.2. The Hall–Kier alpha value is -1.76. The highest BCUT2D eigenvalue weighted by Crippen LogP contribution is 2.24. The monoisotopic (exact) mass is 326 g/mol. The second-order valence-electron chi connectivity index (χ2n) is 5.28. The van der Waals surface area contributed by atoms with Crippen LogP contribution in [0.4, 0.5) is 4.39 Å². The van der Waals surface area contributed by atoms with Crippen molar-refractivity contribution in [3.8, 4) is 5.75 Å². The first-order valence-electron chi connectivity index (χ1n) is 6.95. The molecule has 22 heavy (non-hydrogen) atoms. The van der Waals surface area contributed by atoms with Gasteiger partial charge in [-0.25, -0.2) is 4.39 Å². The maximum Gasteiger partial charge on any atom is 0.242 e. The molecule has 1 aromatic heterocycles. The molecular weight excluding hydrogens is 307 g/mol. The highest BCUT2D eigenvalue weighted by molar-refractivity contribution is 7.84. The zero-order chi connectivity index (χ0) is 16.3. The summed E-state index contributed by atoms with van der Waals surface area (Å²) in [6.07, 6.45) is 0. The fraction of sp³-hybridized carbons (Fsp3) is 0.467. The van der Waals surface area contributed by atoms with Crippen LogP contribution in [0.25, 0.3) is 0 Å². The third-order valence-electron chi connectivity index (χ3n) is 3.24. The zero-order valence-corrected chi connectivity index (χ0v) is 13.8. The van der Waals surface area contributed by atoms with Crippen molar-refractivity contribution in [2.24, 2.45) is 0 Å². The van der Waals surface area contributed by atoms with Crippen LogP contribution in [-0.2, 0) is 16.6 Å². The number of rotatable bonds is 6. The first-order chi connectivity index (χ1) is 10.4. The summed E-state index contributed by atoms with van der Waals surface area (Å²) in [5.74, 6) is 0.992. The van der Waals surface area contributed by atoms with Crippen molar-refractivity contribution in [1.29, 1.82) is 0 Å². The summed E-state index contributed by atoms with van der Waals surface area (Å²) in [5, 5.41) is 3.45. The minimum absolute atomic E-state index is 0.147. The Balaban J connectivity index is 2.09. The number of nitrogens with zero attached hydrogens (tertiary/aromatic N) is 2. The molecule has 0 saturated carbocycles. The molecule has 0 N–H and O–H groups in total. The summed E-state index contributed by atoms with van der Waals surface area (Å²) in [6.45, 7) is 5.67. The minimum atomic E-state index is -1.29. The Morgan fingerprint density at radius 1 is 1.36 bits per heavy atom. The van der Waals surface area contributed by atoms with E-state index in [1.54, 1.807) is 13.0 Å². The van der Waals surface area contributed by atoms with Crippen molar-refractivity contribution < 1.29 is 17.9 Å². The van der Waals surface area contributed by atoms with E-state index in [-0.39, 0.29) is 17.4 Å². The molecule has 0 unspecified atom stereocenters. The molecule has 2 rings (SSSR count). The number of methoxy groups -OCH3 is 1. The van der Waals surface area contributed by atoms with Gasteiger partial charge in [0.05, 0.1) is 7.11 Å². The maximum absolute atomic E-state index is 13.7. The van der Waals surface area contributed by atoms with E-state index in [4.69, 9.17) is 9.26 Å². The molecule has 1 heterocycles. The first kappa shape index (κ1) is 16.6. The summed E-state index contributed by atoms with van der Waals surface area (Å²) in [6, 6.07) is 4.55. The van der Waals surface area contributed by atoms with E-state index >= 15 is 0 Å². The van der Waals surface area contributed by atoms with Crippen LogP contribution < -0.4 is 4.74 Å². The van der Waals surface area contributed by atoms with Gasteiger partial charge in [-0.1, -0.05) is 25.1 Å². The van der Waals surface area contributed by atoms with Crippen molar-refractivity contribution >= 4 is 10.8 Å². The Morgan fingerprint density at radius 3 is 2.64 bits per heavy atom. The number of benzene rings is 1. The van der Waals surface area contributed by atoms with Crippen molar-refractivity contribution in [3.05, 3.63) is 41.3 Å². The molecular formula is C15H19FN2O3S. The van der Waals surface area contributed by atoms with E-state index < -0.39 is 21.9 Å². The number of aromatic nitrogens is 2. The van der Waals surface area contributed by atoms with Crippen molar-refractivity contribution in [1.82, 2.24) is 10.1 Å². The Morgan fingerprint density at radius 2 is 2.09 bits per heavy atom. The van der Waals surface area contributed by atoms with Gasteiger partial charge in [0.2, 0.25) is 5.89 Å². The minimum Gasteiger partial charge on any atom is -0.494 e. The second kappa shape index (κ2) is 7.00. The molecule has 2 atom stereocenters. The van der Waals surface area contributed by atoms with Crippen molar-refractivity contribution in [2.75, 3.05) is 7.11 Å². The van der Waals surface area contributed by atoms with Crippen LogP contribution >= 0.6 is 0 Å². The van der Waals surface area contributed by atoms with Crippen LogP contribution in [0.3, 0.4) is 0 Å². The van der Waals surface area contributed by atoms with Gasteiger partial charge in [0.25, 0.3) is 0 Å². The number of halogens is 1. The van der Waals surface area contributed by atoms with Gasteiger partial charge < -0.3 is 9.26 Å². The lowest BCUT2D eigenvalue weighted by Gasteiger charge is -2.08. The number of ether oxygens (including phenoxy) is 1. The summed E-state index contributed by atoms with van der Waals surface area (Å²) in [7, 11) is 0.116. The largest absolute Gasteiger partial charge is 0.494 e. The summed E-state index contributed by atoms with van der Waals surface area (Å²) in [4.78, 5) is 4.25. The van der Waals surface area contributed by atoms with Crippen molar-refractivity contribution in [3.63, 3.8) is 0 Å². The van der Waals surface area contributed by atoms with Gasteiger partial charge in [0, 0.05) is 22.5 Å². The predicted molar refractivity (Wildman–Crippen MR) is 81.6 cm³/mol. The molecule has 0 saturated heterocycles. The van der Waals surface area contributed by atoms with Gasteiger partial charge in [-0.05, 0) is 24.6 Å². The SMILES string of the molecule is COc1ccc(C[S@@](=O)[C@@H](C)c2nc(C(C)C)no2)cc1F. The lowest BCUT2D eigenvalue weighted by atomic mass is 10.2. The molecule has 7 heteroatoms. The zero-order valence-electron chi connectivity index (χ0n) is 13.0. The smallest absolute Gasteiger partial charge is 0.242 e. The molecule has 0 bridgehead atoms. The fourth-order valence-corrected chi connectivity index (χ4v) is 2.93. The molecule has 5 nitrogen and oxygen atoms in total. The first-order valence-corrected chi connectivity index (χ1v) is 8.33. The summed E-state index contributed by atoms with van der Waals surface area (Å²) >= 11 is 0. The third-order valence-corrected chi connectivity index (χ3v) is 4.85. The summed E-state index contributed by atoms with van der Waals surface area (Å²) in [5.41, 5.74) is 0.632. The molecule has 0 spiro atoms. The average Bonchev–Trinajstić information content (AvgIpc) is 2.96. The van der Waals surface area contributed by atoms with E-state index in [0.29, 0.717) is 17.3 Å². The van der Waals surface area contributed by atoms with Gasteiger partial charge in [-0.15, -0.1) is 0 Å². The quantitative estimate of drug-likeness (QED) is 0.814. The maximum atomic E-state index is 13.7. The molecule has 0 aliphatic carbocycles. The van der Waals surface area contributed by atoms with Gasteiger partial charge >= 0.3 is 0 Å². The molecule has 2 aromatic rings. The van der Waals surface area contributed by atoms with Crippen LogP contribution in [0, 0.1) is 5.82 Å². The van der Waals surface area contributed by atoms with Gasteiger partial charge in [-0.2, -0.15) is 4.98 Å². The normalized spacial score (nSPS) is 14.1. The average molecular weight is 326 g/mol. The molecule has 0 fully saturated rings. The number of hydrogen-bond acceptors (Lipinski definition) is 5. The molecule has 0 aliphatic rings.